The van der Waals surface area contributed by atoms with Crippen LogP contribution in [0.5, 0.6) is 5.75 Å². The van der Waals surface area contributed by atoms with E-state index in [1.165, 1.54) is 11.1 Å². The minimum atomic E-state index is 0.143. The molecule has 1 aromatic rings. The number of nitrogens with two attached hydrogens (primary N) is 1. The van der Waals surface area contributed by atoms with Crippen LogP contribution in [0.1, 0.15) is 51.3 Å². The Hall–Kier alpha value is -1.02. The summed E-state index contributed by atoms with van der Waals surface area (Å²) in [6, 6.07) is 6.42. The molecule has 1 unspecified atom stereocenters. The van der Waals surface area contributed by atoms with Gasteiger partial charge < -0.3 is 10.5 Å². The van der Waals surface area contributed by atoms with Gasteiger partial charge in [0, 0.05) is 6.04 Å². The summed E-state index contributed by atoms with van der Waals surface area (Å²) < 4.78 is 5.74. The molecule has 0 amide bonds. The van der Waals surface area contributed by atoms with Crippen LogP contribution in [-0.4, -0.2) is 6.61 Å². The number of hydrogen-bond acceptors (Lipinski definition) is 2. The van der Waals surface area contributed by atoms with Crippen molar-refractivity contribution in [3.05, 3.63) is 29.3 Å². The van der Waals surface area contributed by atoms with Crippen LogP contribution in [0.3, 0.4) is 0 Å². The zero-order valence-electron chi connectivity index (χ0n) is 11.5. The molecular formula is C15H25NO. The van der Waals surface area contributed by atoms with Crippen molar-refractivity contribution in [2.45, 2.75) is 46.6 Å². The van der Waals surface area contributed by atoms with E-state index >= 15 is 0 Å². The fourth-order valence-electron chi connectivity index (χ4n) is 1.82. The summed E-state index contributed by atoms with van der Waals surface area (Å²) in [5, 5.41) is 0. The monoisotopic (exact) mass is 235 g/mol. The Morgan fingerprint density at radius 1 is 1.24 bits per heavy atom. The van der Waals surface area contributed by atoms with E-state index in [1.54, 1.807) is 0 Å². The molecule has 0 aliphatic heterocycles. The normalized spacial score (nSPS) is 12.8. The molecule has 1 aromatic carbocycles. The van der Waals surface area contributed by atoms with Gasteiger partial charge in [-0.15, -0.1) is 0 Å². The zero-order chi connectivity index (χ0) is 12.8. The molecule has 96 valence electrons. The molecule has 0 aliphatic carbocycles. The number of hydrogen-bond donors (Lipinski definition) is 1. The zero-order valence-corrected chi connectivity index (χ0v) is 11.5. The predicted octanol–water partition coefficient (Wildman–Crippen LogP) is 3.69. The maximum Gasteiger partial charge on any atom is 0.119 e. The second-order valence-corrected chi connectivity index (χ2v) is 4.93. The van der Waals surface area contributed by atoms with E-state index in [9.17, 15) is 0 Å². The third-order valence-electron chi connectivity index (χ3n) is 2.92. The first-order valence-electron chi connectivity index (χ1n) is 6.59. The van der Waals surface area contributed by atoms with Gasteiger partial charge in [0.05, 0.1) is 6.61 Å². The summed E-state index contributed by atoms with van der Waals surface area (Å²) in [6.45, 7) is 9.35. The van der Waals surface area contributed by atoms with Gasteiger partial charge in [-0.2, -0.15) is 0 Å². The molecule has 0 aliphatic rings. The van der Waals surface area contributed by atoms with Gasteiger partial charge in [0.2, 0.25) is 0 Å². The van der Waals surface area contributed by atoms with Gasteiger partial charge >= 0.3 is 0 Å². The minimum Gasteiger partial charge on any atom is -0.493 e. The number of ether oxygens (including phenoxy) is 1. The van der Waals surface area contributed by atoms with Crippen LogP contribution in [0.2, 0.25) is 0 Å². The van der Waals surface area contributed by atoms with E-state index in [-0.39, 0.29) is 6.04 Å². The first kappa shape index (κ1) is 14.0. The van der Waals surface area contributed by atoms with Gasteiger partial charge in [0.15, 0.2) is 0 Å². The highest BCUT2D eigenvalue weighted by Crippen LogP contribution is 2.24. The van der Waals surface area contributed by atoms with Crippen LogP contribution in [0.4, 0.5) is 0 Å². The third-order valence-corrected chi connectivity index (χ3v) is 2.92. The highest BCUT2D eigenvalue weighted by molar-refractivity contribution is 5.37. The molecule has 0 heterocycles. The van der Waals surface area contributed by atoms with Crippen LogP contribution < -0.4 is 10.5 Å². The molecule has 0 fully saturated rings. The van der Waals surface area contributed by atoms with Crippen molar-refractivity contribution < 1.29 is 4.74 Å². The first-order valence-corrected chi connectivity index (χ1v) is 6.59. The highest BCUT2D eigenvalue weighted by Gasteiger charge is 2.09. The second kappa shape index (κ2) is 6.65. The van der Waals surface area contributed by atoms with Crippen LogP contribution in [-0.2, 0) is 6.42 Å². The molecule has 17 heavy (non-hydrogen) atoms. The molecule has 0 saturated heterocycles. The van der Waals surface area contributed by atoms with E-state index in [0.717, 1.165) is 25.2 Å². The summed E-state index contributed by atoms with van der Waals surface area (Å²) in [4.78, 5) is 0. The predicted molar refractivity (Wildman–Crippen MR) is 73.4 cm³/mol. The van der Waals surface area contributed by atoms with Gasteiger partial charge in [-0.25, -0.2) is 0 Å². The van der Waals surface area contributed by atoms with Gasteiger partial charge in [0.25, 0.3) is 0 Å². The molecule has 0 bridgehead atoms. The largest absolute Gasteiger partial charge is 0.493 e. The molecular weight excluding hydrogens is 210 g/mol. The molecule has 0 radical (unpaired) electrons. The van der Waals surface area contributed by atoms with E-state index in [4.69, 9.17) is 10.5 Å². The SMILES string of the molecule is CCc1cc(OCC(C)C)ccc1C(N)CC. The van der Waals surface area contributed by atoms with Gasteiger partial charge in [-0.1, -0.05) is 33.8 Å². The Morgan fingerprint density at radius 3 is 2.47 bits per heavy atom. The molecule has 2 N–H and O–H groups in total. The molecule has 0 spiro atoms. The van der Waals surface area contributed by atoms with E-state index in [2.05, 4.69) is 39.8 Å². The molecule has 1 rings (SSSR count). The number of aryl methyl sites for hydroxylation is 1. The standard InChI is InChI=1S/C15H25NO/c1-5-12-9-13(17-10-11(3)4)7-8-14(12)15(16)6-2/h7-9,11,15H,5-6,10,16H2,1-4H3. The lowest BCUT2D eigenvalue weighted by atomic mass is 9.97. The summed E-state index contributed by atoms with van der Waals surface area (Å²) >= 11 is 0. The molecule has 2 nitrogen and oxygen atoms in total. The minimum absolute atomic E-state index is 0.143. The summed E-state index contributed by atoms with van der Waals surface area (Å²) in [6.07, 6.45) is 1.97. The van der Waals surface area contributed by atoms with Gasteiger partial charge in [0.1, 0.15) is 5.75 Å². The quantitative estimate of drug-likeness (QED) is 0.816. The van der Waals surface area contributed by atoms with E-state index < -0.39 is 0 Å². The molecule has 0 aromatic heterocycles. The van der Waals surface area contributed by atoms with Crippen LogP contribution in [0, 0.1) is 5.92 Å². The fraction of sp³-hybridized carbons (Fsp3) is 0.600. The van der Waals surface area contributed by atoms with Gasteiger partial charge in [-0.3, -0.25) is 0 Å². The van der Waals surface area contributed by atoms with Crippen molar-refractivity contribution >= 4 is 0 Å². The maximum absolute atomic E-state index is 6.10. The van der Waals surface area contributed by atoms with Crippen LogP contribution in [0.15, 0.2) is 18.2 Å². The average Bonchev–Trinajstić information content (AvgIpc) is 2.34. The summed E-state index contributed by atoms with van der Waals surface area (Å²) in [5.74, 6) is 1.51. The molecule has 0 saturated carbocycles. The lowest BCUT2D eigenvalue weighted by Crippen LogP contribution is -2.12. The second-order valence-electron chi connectivity index (χ2n) is 4.93. The molecule has 1 atom stereocenters. The maximum atomic E-state index is 6.10. The van der Waals surface area contributed by atoms with Crippen molar-refractivity contribution in [1.82, 2.24) is 0 Å². The third kappa shape index (κ3) is 4.04. The van der Waals surface area contributed by atoms with E-state index in [1.807, 2.05) is 6.07 Å². The van der Waals surface area contributed by atoms with Crippen LogP contribution >= 0.6 is 0 Å². The number of rotatable bonds is 6. The summed E-state index contributed by atoms with van der Waals surface area (Å²) in [7, 11) is 0. The Balaban J connectivity index is 2.84. The van der Waals surface area contributed by atoms with Crippen molar-refractivity contribution in [2.24, 2.45) is 11.7 Å². The summed E-state index contributed by atoms with van der Waals surface area (Å²) in [5.41, 5.74) is 8.66. The van der Waals surface area contributed by atoms with Crippen molar-refractivity contribution in [3.8, 4) is 5.75 Å². The van der Waals surface area contributed by atoms with Crippen molar-refractivity contribution in [2.75, 3.05) is 6.61 Å². The first-order chi connectivity index (χ1) is 8.08. The van der Waals surface area contributed by atoms with Crippen molar-refractivity contribution in [1.29, 1.82) is 0 Å². The smallest absolute Gasteiger partial charge is 0.119 e. The number of benzene rings is 1. The lowest BCUT2D eigenvalue weighted by molar-refractivity contribution is 0.270. The van der Waals surface area contributed by atoms with Crippen LogP contribution in [0.25, 0.3) is 0 Å². The Bertz CT molecular complexity index is 347. The molecule has 2 heteroatoms. The Labute approximate surface area is 105 Å². The van der Waals surface area contributed by atoms with Gasteiger partial charge in [-0.05, 0) is 42.0 Å². The lowest BCUT2D eigenvalue weighted by Gasteiger charge is -2.16. The van der Waals surface area contributed by atoms with Crippen molar-refractivity contribution in [3.63, 3.8) is 0 Å². The topological polar surface area (TPSA) is 35.2 Å². The Kier molecular flexibility index (Phi) is 5.49. The van der Waals surface area contributed by atoms with E-state index in [0.29, 0.717) is 5.92 Å². The highest BCUT2D eigenvalue weighted by atomic mass is 16.5. The Morgan fingerprint density at radius 2 is 1.94 bits per heavy atom. The average molecular weight is 235 g/mol. The fourth-order valence-corrected chi connectivity index (χ4v) is 1.82.